The number of nitrogens with zero attached hydrogens (tertiary/aromatic N) is 1. The number of carbonyl (C=O) groups excluding carboxylic acids is 1. The fourth-order valence-corrected chi connectivity index (χ4v) is 2.74. The van der Waals surface area contributed by atoms with Crippen LogP contribution in [0.1, 0.15) is 36.9 Å². The number of nitro benzene ring substituents is 1. The maximum atomic E-state index is 12.2. The van der Waals surface area contributed by atoms with Gasteiger partial charge in [-0.05, 0) is 30.4 Å². The van der Waals surface area contributed by atoms with E-state index in [0.29, 0.717) is 6.54 Å². The SMILES string of the molecule is CC(C(=O)NCCCCc1ccc([N+](=O)[O-])cc1)C(N)c1ccccc1.Cl. The molecule has 1 amide bonds. The van der Waals surface area contributed by atoms with Gasteiger partial charge in [0.25, 0.3) is 5.69 Å². The molecule has 27 heavy (non-hydrogen) atoms. The summed E-state index contributed by atoms with van der Waals surface area (Å²) in [6, 6.07) is 15.9. The molecule has 2 rings (SSSR count). The summed E-state index contributed by atoms with van der Waals surface area (Å²) in [5.41, 5.74) is 8.28. The predicted molar refractivity (Wildman–Crippen MR) is 109 cm³/mol. The van der Waals surface area contributed by atoms with Crippen molar-refractivity contribution in [1.82, 2.24) is 5.32 Å². The van der Waals surface area contributed by atoms with E-state index in [1.165, 1.54) is 12.1 Å². The van der Waals surface area contributed by atoms with Crippen LogP contribution in [0.3, 0.4) is 0 Å². The van der Waals surface area contributed by atoms with Gasteiger partial charge in [-0.3, -0.25) is 14.9 Å². The fourth-order valence-electron chi connectivity index (χ4n) is 2.74. The van der Waals surface area contributed by atoms with Crippen molar-refractivity contribution < 1.29 is 9.72 Å². The van der Waals surface area contributed by atoms with Gasteiger partial charge in [0.2, 0.25) is 5.91 Å². The molecule has 0 aliphatic rings. The highest BCUT2D eigenvalue weighted by Crippen LogP contribution is 2.19. The Bertz CT molecular complexity index is 723. The Kier molecular flexibility index (Phi) is 9.47. The second kappa shape index (κ2) is 11.3. The first-order chi connectivity index (χ1) is 12.5. The zero-order chi connectivity index (χ0) is 18.9. The van der Waals surface area contributed by atoms with Crippen LogP contribution in [0.2, 0.25) is 0 Å². The Morgan fingerprint density at radius 2 is 1.74 bits per heavy atom. The maximum absolute atomic E-state index is 12.2. The summed E-state index contributed by atoms with van der Waals surface area (Å²) in [4.78, 5) is 22.5. The van der Waals surface area contributed by atoms with Crippen LogP contribution in [-0.4, -0.2) is 17.4 Å². The van der Waals surface area contributed by atoms with E-state index in [1.807, 2.05) is 37.3 Å². The Morgan fingerprint density at radius 3 is 2.33 bits per heavy atom. The smallest absolute Gasteiger partial charge is 0.269 e. The normalized spacial score (nSPS) is 12.5. The van der Waals surface area contributed by atoms with Crippen LogP contribution in [0, 0.1) is 16.0 Å². The first-order valence-electron chi connectivity index (χ1n) is 8.80. The Hall–Kier alpha value is -2.44. The number of unbranched alkanes of at least 4 members (excludes halogenated alkanes) is 1. The molecule has 0 aromatic heterocycles. The fraction of sp³-hybridized carbons (Fsp3) is 0.350. The number of benzene rings is 2. The zero-order valence-corrected chi connectivity index (χ0v) is 16.2. The van der Waals surface area contributed by atoms with Gasteiger partial charge in [0.1, 0.15) is 0 Å². The van der Waals surface area contributed by atoms with Gasteiger partial charge in [-0.2, -0.15) is 0 Å². The van der Waals surface area contributed by atoms with Gasteiger partial charge in [0.15, 0.2) is 0 Å². The van der Waals surface area contributed by atoms with Crippen molar-refractivity contribution in [2.75, 3.05) is 6.54 Å². The lowest BCUT2D eigenvalue weighted by molar-refractivity contribution is -0.384. The third-order valence-electron chi connectivity index (χ3n) is 4.48. The molecule has 0 fully saturated rings. The average Bonchev–Trinajstić information content (AvgIpc) is 2.67. The first kappa shape index (κ1) is 22.6. The molecule has 3 N–H and O–H groups in total. The van der Waals surface area contributed by atoms with E-state index in [1.54, 1.807) is 12.1 Å². The van der Waals surface area contributed by atoms with Crippen LogP contribution in [-0.2, 0) is 11.2 Å². The Balaban J connectivity index is 0.00000364. The number of rotatable bonds is 9. The van der Waals surface area contributed by atoms with Crippen LogP contribution in [0.15, 0.2) is 54.6 Å². The van der Waals surface area contributed by atoms with Gasteiger partial charge in [-0.15, -0.1) is 12.4 Å². The van der Waals surface area contributed by atoms with Crippen LogP contribution in [0.5, 0.6) is 0 Å². The number of aryl methyl sites for hydroxylation is 1. The number of hydrogen-bond donors (Lipinski definition) is 2. The number of non-ortho nitro benzene ring substituents is 1. The third kappa shape index (κ3) is 7.00. The molecular weight excluding hydrogens is 366 g/mol. The molecule has 0 bridgehead atoms. The lowest BCUT2D eigenvalue weighted by atomic mass is 9.94. The van der Waals surface area contributed by atoms with E-state index in [2.05, 4.69) is 5.32 Å². The van der Waals surface area contributed by atoms with Crippen LogP contribution < -0.4 is 11.1 Å². The van der Waals surface area contributed by atoms with Gasteiger partial charge in [0.05, 0.1) is 10.8 Å². The molecule has 0 spiro atoms. The van der Waals surface area contributed by atoms with Crippen LogP contribution >= 0.6 is 12.4 Å². The maximum Gasteiger partial charge on any atom is 0.269 e. The summed E-state index contributed by atoms with van der Waals surface area (Å²) in [7, 11) is 0. The molecule has 0 aliphatic heterocycles. The van der Waals surface area contributed by atoms with E-state index in [9.17, 15) is 14.9 Å². The van der Waals surface area contributed by atoms with Gasteiger partial charge in [-0.1, -0.05) is 49.4 Å². The van der Waals surface area contributed by atoms with Crippen molar-refractivity contribution in [2.45, 2.75) is 32.2 Å². The molecular formula is C20H26ClN3O3. The molecule has 2 aromatic carbocycles. The number of halogens is 1. The quantitative estimate of drug-likeness (QED) is 0.386. The van der Waals surface area contributed by atoms with Crippen LogP contribution in [0.25, 0.3) is 0 Å². The van der Waals surface area contributed by atoms with Crippen molar-refractivity contribution in [2.24, 2.45) is 11.7 Å². The topological polar surface area (TPSA) is 98.3 Å². The number of hydrogen-bond acceptors (Lipinski definition) is 4. The number of nitrogens with two attached hydrogens (primary N) is 1. The van der Waals surface area contributed by atoms with Crippen LogP contribution in [0.4, 0.5) is 5.69 Å². The second-order valence-electron chi connectivity index (χ2n) is 6.40. The van der Waals surface area contributed by atoms with Gasteiger partial charge < -0.3 is 11.1 Å². The zero-order valence-electron chi connectivity index (χ0n) is 15.3. The number of nitro groups is 1. The highest BCUT2D eigenvalue weighted by molar-refractivity contribution is 5.85. The molecule has 0 radical (unpaired) electrons. The molecule has 0 aliphatic carbocycles. The van der Waals surface area contributed by atoms with E-state index < -0.39 is 4.92 Å². The molecule has 146 valence electrons. The van der Waals surface area contributed by atoms with Gasteiger partial charge >= 0.3 is 0 Å². The molecule has 2 atom stereocenters. The minimum Gasteiger partial charge on any atom is -0.356 e. The summed E-state index contributed by atoms with van der Waals surface area (Å²) < 4.78 is 0. The highest BCUT2D eigenvalue weighted by Gasteiger charge is 2.21. The molecule has 6 nitrogen and oxygen atoms in total. The van der Waals surface area contributed by atoms with E-state index in [-0.39, 0.29) is 36.0 Å². The molecule has 0 heterocycles. The third-order valence-corrected chi connectivity index (χ3v) is 4.48. The molecule has 2 unspecified atom stereocenters. The van der Waals surface area contributed by atoms with E-state index in [4.69, 9.17) is 5.73 Å². The van der Waals surface area contributed by atoms with Gasteiger partial charge in [0, 0.05) is 24.7 Å². The Morgan fingerprint density at radius 1 is 1.11 bits per heavy atom. The molecule has 0 saturated carbocycles. The van der Waals surface area contributed by atoms with Crippen molar-refractivity contribution >= 4 is 24.0 Å². The predicted octanol–water partition coefficient (Wildman–Crippen LogP) is 3.79. The summed E-state index contributed by atoms with van der Waals surface area (Å²) in [5, 5.41) is 13.6. The molecule has 7 heteroatoms. The minimum atomic E-state index is -0.402. The largest absolute Gasteiger partial charge is 0.356 e. The summed E-state index contributed by atoms with van der Waals surface area (Å²) in [6.45, 7) is 2.43. The van der Waals surface area contributed by atoms with E-state index in [0.717, 1.165) is 30.4 Å². The van der Waals surface area contributed by atoms with Crippen molar-refractivity contribution in [3.63, 3.8) is 0 Å². The number of nitrogens with one attached hydrogen (secondary N) is 1. The van der Waals surface area contributed by atoms with Crippen molar-refractivity contribution in [3.8, 4) is 0 Å². The first-order valence-corrected chi connectivity index (χ1v) is 8.80. The monoisotopic (exact) mass is 391 g/mol. The summed E-state index contributed by atoms with van der Waals surface area (Å²) in [5.74, 6) is -0.344. The van der Waals surface area contributed by atoms with E-state index >= 15 is 0 Å². The van der Waals surface area contributed by atoms with Crippen molar-refractivity contribution in [3.05, 3.63) is 75.8 Å². The molecule has 2 aromatic rings. The standard InChI is InChI=1S/C20H25N3O3.ClH/c1-15(19(21)17-8-3-2-4-9-17)20(24)22-14-6-5-7-16-10-12-18(13-11-16)23(25)26;/h2-4,8-13,15,19H,5-7,14,21H2,1H3,(H,22,24);1H. The minimum absolute atomic E-state index is 0. The summed E-state index contributed by atoms with van der Waals surface area (Å²) >= 11 is 0. The summed E-state index contributed by atoms with van der Waals surface area (Å²) in [6.07, 6.45) is 2.57. The van der Waals surface area contributed by atoms with Crippen molar-refractivity contribution in [1.29, 1.82) is 0 Å². The number of carbonyl (C=O) groups is 1. The highest BCUT2D eigenvalue weighted by atomic mass is 35.5. The van der Waals surface area contributed by atoms with Gasteiger partial charge in [-0.25, -0.2) is 0 Å². The second-order valence-corrected chi connectivity index (χ2v) is 6.40. The average molecular weight is 392 g/mol. The molecule has 0 saturated heterocycles. The Labute approximate surface area is 165 Å². The lowest BCUT2D eigenvalue weighted by Gasteiger charge is -2.19. The number of amides is 1. The lowest BCUT2D eigenvalue weighted by Crippen LogP contribution is -2.36.